The molecule has 0 saturated heterocycles. The topological polar surface area (TPSA) is 24.9 Å². The van der Waals surface area contributed by atoms with Crippen LogP contribution in [0.2, 0.25) is 0 Å². The van der Waals surface area contributed by atoms with Crippen LogP contribution in [-0.4, -0.2) is 11.5 Å². The monoisotopic (exact) mass is 226 g/mol. The standard InChI is InChI=1S/C9H11BrN2/c10-8-3-4-11-9(5-8)12-6-7-1-2-7/h3-5,7H,1-2,6H2,(H,11,12). The normalized spacial score (nSPS) is 16.1. The van der Waals surface area contributed by atoms with Crippen molar-refractivity contribution in [1.29, 1.82) is 0 Å². The third-order valence-corrected chi connectivity index (χ3v) is 2.48. The third kappa shape index (κ3) is 2.21. The largest absolute Gasteiger partial charge is 0.370 e. The highest BCUT2D eigenvalue weighted by Crippen LogP contribution is 2.28. The Morgan fingerprint density at radius 3 is 3.08 bits per heavy atom. The number of pyridine rings is 1. The van der Waals surface area contributed by atoms with Crippen molar-refractivity contribution in [2.24, 2.45) is 5.92 Å². The lowest BCUT2D eigenvalue weighted by Gasteiger charge is -2.03. The molecule has 0 amide bonds. The Balaban J connectivity index is 1.92. The molecule has 1 N–H and O–H groups in total. The summed E-state index contributed by atoms with van der Waals surface area (Å²) in [6, 6.07) is 3.94. The maximum atomic E-state index is 4.20. The van der Waals surface area contributed by atoms with Crippen molar-refractivity contribution >= 4 is 21.7 Å². The molecule has 12 heavy (non-hydrogen) atoms. The van der Waals surface area contributed by atoms with E-state index in [0.717, 1.165) is 22.8 Å². The highest BCUT2D eigenvalue weighted by Gasteiger charge is 2.20. The van der Waals surface area contributed by atoms with Crippen LogP contribution in [0.5, 0.6) is 0 Å². The van der Waals surface area contributed by atoms with Gasteiger partial charge in [-0.25, -0.2) is 4.98 Å². The second kappa shape index (κ2) is 3.44. The predicted octanol–water partition coefficient (Wildman–Crippen LogP) is 2.67. The summed E-state index contributed by atoms with van der Waals surface area (Å²) in [7, 11) is 0. The van der Waals surface area contributed by atoms with Crippen LogP contribution in [0.25, 0.3) is 0 Å². The zero-order chi connectivity index (χ0) is 8.39. The second-order valence-electron chi connectivity index (χ2n) is 3.18. The SMILES string of the molecule is Brc1ccnc(NCC2CC2)c1. The van der Waals surface area contributed by atoms with Crippen LogP contribution in [0.3, 0.4) is 0 Å². The summed E-state index contributed by atoms with van der Waals surface area (Å²) < 4.78 is 1.08. The smallest absolute Gasteiger partial charge is 0.127 e. The van der Waals surface area contributed by atoms with Crippen LogP contribution in [0.15, 0.2) is 22.8 Å². The lowest BCUT2D eigenvalue weighted by atomic mass is 10.4. The molecule has 0 aliphatic heterocycles. The molecule has 2 nitrogen and oxygen atoms in total. The average Bonchev–Trinajstić information content (AvgIpc) is 2.84. The van der Waals surface area contributed by atoms with Crippen LogP contribution in [-0.2, 0) is 0 Å². The van der Waals surface area contributed by atoms with Crippen LogP contribution in [0, 0.1) is 5.92 Å². The van der Waals surface area contributed by atoms with Gasteiger partial charge in [0.05, 0.1) is 0 Å². The number of hydrogen-bond acceptors (Lipinski definition) is 2. The number of hydrogen-bond donors (Lipinski definition) is 1. The van der Waals surface area contributed by atoms with Gasteiger partial charge in [-0.05, 0) is 30.9 Å². The van der Waals surface area contributed by atoms with E-state index in [-0.39, 0.29) is 0 Å². The summed E-state index contributed by atoms with van der Waals surface area (Å²) in [4.78, 5) is 4.20. The van der Waals surface area contributed by atoms with Crippen molar-refractivity contribution < 1.29 is 0 Å². The van der Waals surface area contributed by atoms with Crippen molar-refractivity contribution in [1.82, 2.24) is 4.98 Å². The number of aromatic nitrogens is 1. The van der Waals surface area contributed by atoms with Gasteiger partial charge in [-0.1, -0.05) is 15.9 Å². The fourth-order valence-electron chi connectivity index (χ4n) is 1.07. The molecule has 0 atom stereocenters. The quantitative estimate of drug-likeness (QED) is 0.858. The molecule has 0 aromatic carbocycles. The molecule has 1 saturated carbocycles. The fraction of sp³-hybridized carbons (Fsp3) is 0.444. The Morgan fingerprint density at radius 1 is 1.58 bits per heavy atom. The summed E-state index contributed by atoms with van der Waals surface area (Å²) >= 11 is 3.40. The second-order valence-corrected chi connectivity index (χ2v) is 4.10. The number of nitrogens with zero attached hydrogens (tertiary/aromatic N) is 1. The maximum absolute atomic E-state index is 4.20. The first-order valence-electron chi connectivity index (χ1n) is 4.20. The van der Waals surface area contributed by atoms with E-state index in [1.54, 1.807) is 6.20 Å². The molecule has 1 aliphatic rings. The van der Waals surface area contributed by atoms with Gasteiger partial charge in [-0.15, -0.1) is 0 Å². The van der Waals surface area contributed by atoms with Gasteiger partial charge in [0.2, 0.25) is 0 Å². The van der Waals surface area contributed by atoms with E-state index in [1.165, 1.54) is 12.8 Å². The summed E-state index contributed by atoms with van der Waals surface area (Å²) in [6.07, 6.45) is 4.56. The molecule has 64 valence electrons. The van der Waals surface area contributed by atoms with Crippen molar-refractivity contribution in [2.45, 2.75) is 12.8 Å². The number of nitrogens with one attached hydrogen (secondary N) is 1. The molecule has 0 unspecified atom stereocenters. The first kappa shape index (κ1) is 8.05. The Bertz CT molecular complexity index is 271. The van der Waals surface area contributed by atoms with Crippen molar-refractivity contribution in [3.8, 4) is 0 Å². The van der Waals surface area contributed by atoms with Crippen molar-refractivity contribution in [3.05, 3.63) is 22.8 Å². The van der Waals surface area contributed by atoms with E-state index in [0.29, 0.717) is 0 Å². The summed E-state index contributed by atoms with van der Waals surface area (Å²) in [5, 5.41) is 3.31. The molecule has 1 aliphatic carbocycles. The molecule has 1 aromatic heterocycles. The molecule has 0 spiro atoms. The number of halogens is 1. The summed E-state index contributed by atoms with van der Waals surface area (Å²) in [5.41, 5.74) is 0. The molecule has 2 rings (SSSR count). The van der Waals surface area contributed by atoms with Crippen molar-refractivity contribution in [2.75, 3.05) is 11.9 Å². The lowest BCUT2D eigenvalue weighted by Crippen LogP contribution is -2.04. The molecular weight excluding hydrogens is 216 g/mol. The molecule has 1 heterocycles. The zero-order valence-electron chi connectivity index (χ0n) is 6.76. The minimum absolute atomic E-state index is 0.894. The van der Waals surface area contributed by atoms with E-state index in [1.807, 2.05) is 12.1 Å². The van der Waals surface area contributed by atoms with Gasteiger partial charge >= 0.3 is 0 Å². The van der Waals surface area contributed by atoms with E-state index >= 15 is 0 Å². The van der Waals surface area contributed by atoms with Crippen LogP contribution in [0.4, 0.5) is 5.82 Å². The first-order valence-corrected chi connectivity index (χ1v) is 4.99. The average molecular weight is 227 g/mol. The molecule has 0 bridgehead atoms. The maximum Gasteiger partial charge on any atom is 0.127 e. The Kier molecular flexibility index (Phi) is 2.30. The minimum atomic E-state index is 0.894. The molecular formula is C9H11BrN2. The Hall–Kier alpha value is -0.570. The summed E-state index contributed by atoms with van der Waals surface area (Å²) in [5.74, 6) is 1.86. The van der Waals surface area contributed by atoms with Crippen molar-refractivity contribution in [3.63, 3.8) is 0 Å². The molecule has 0 radical (unpaired) electrons. The van der Waals surface area contributed by atoms with Gasteiger partial charge in [0.25, 0.3) is 0 Å². The van der Waals surface area contributed by atoms with Gasteiger partial charge in [0, 0.05) is 17.2 Å². The highest BCUT2D eigenvalue weighted by molar-refractivity contribution is 9.10. The Labute approximate surface area is 80.5 Å². The van der Waals surface area contributed by atoms with E-state index in [4.69, 9.17) is 0 Å². The summed E-state index contributed by atoms with van der Waals surface area (Å²) in [6.45, 7) is 1.07. The zero-order valence-corrected chi connectivity index (χ0v) is 8.34. The predicted molar refractivity (Wildman–Crippen MR) is 53.2 cm³/mol. The van der Waals surface area contributed by atoms with E-state index < -0.39 is 0 Å². The van der Waals surface area contributed by atoms with E-state index in [2.05, 4.69) is 26.2 Å². The van der Waals surface area contributed by atoms with Gasteiger partial charge in [-0.3, -0.25) is 0 Å². The molecule has 3 heteroatoms. The van der Waals surface area contributed by atoms with Crippen LogP contribution >= 0.6 is 15.9 Å². The lowest BCUT2D eigenvalue weighted by molar-refractivity contribution is 0.883. The highest BCUT2D eigenvalue weighted by atomic mass is 79.9. The Morgan fingerprint density at radius 2 is 2.42 bits per heavy atom. The molecule has 1 fully saturated rings. The first-order chi connectivity index (χ1) is 5.84. The van der Waals surface area contributed by atoms with Gasteiger partial charge in [-0.2, -0.15) is 0 Å². The number of anilines is 1. The minimum Gasteiger partial charge on any atom is -0.370 e. The molecule has 1 aromatic rings. The van der Waals surface area contributed by atoms with E-state index in [9.17, 15) is 0 Å². The van der Waals surface area contributed by atoms with Crippen LogP contribution in [0.1, 0.15) is 12.8 Å². The van der Waals surface area contributed by atoms with Crippen LogP contribution < -0.4 is 5.32 Å². The van der Waals surface area contributed by atoms with Gasteiger partial charge in [0.15, 0.2) is 0 Å². The number of rotatable bonds is 3. The van der Waals surface area contributed by atoms with Gasteiger partial charge in [0.1, 0.15) is 5.82 Å². The fourth-order valence-corrected chi connectivity index (χ4v) is 1.41. The van der Waals surface area contributed by atoms with Gasteiger partial charge < -0.3 is 5.32 Å². The third-order valence-electron chi connectivity index (χ3n) is 1.99.